The third-order valence-electron chi connectivity index (χ3n) is 12.7. The van der Waals surface area contributed by atoms with E-state index in [-0.39, 0.29) is 50.6 Å². The Morgan fingerprint density at radius 2 is 1.79 bits per heavy atom. The van der Waals surface area contributed by atoms with Gasteiger partial charge in [-0.1, -0.05) is 19.1 Å². The number of sulfonamides is 1. The van der Waals surface area contributed by atoms with Gasteiger partial charge in [0.05, 0.1) is 48.5 Å². The first-order chi connectivity index (χ1) is 28.6. The lowest BCUT2D eigenvalue weighted by atomic mass is 9.81. The molecule has 2 saturated carbocycles. The molecule has 3 fully saturated rings. The van der Waals surface area contributed by atoms with Gasteiger partial charge in [0.1, 0.15) is 29.0 Å². The molecule has 3 heterocycles. The summed E-state index contributed by atoms with van der Waals surface area (Å²) in [4.78, 5) is 67.6. The number of carbonyl (C=O) groups is 4. The van der Waals surface area contributed by atoms with Crippen molar-refractivity contribution in [2.75, 3.05) is 34.0 Å². The maximum absolute atomic E-state index is 15.0. The van der Waals surface area contributed by atoms with Crippen LogP contribution >= 0.6 is 0 Å². The maximum Gasteiger partial charge on any atom is 0.427 e. The van der Waals surface area contributed by atoms with Crippen LogP contribution in [0.1, 0.15) is 84.3 Å². The molecule has 4 aliphatic rings. The van der Waals surface area contributed by atoms with Crippen molar-refractivity contribution in [3.8, 4) is 11.6 Å². The first-order valence-electron chi connectivity index (χ1n) is 20.5. The number of nitrogens with zero attached hydrogens (tertiary/aromatic N) is 3. The lowest BCUT2D eigenvalue weighted by molar-refractivity contribution is -0.257. The first-order valence-corrected chi connectivity index (χ1v) is 22.0. The van der Waals surface area contributed by atoms with Gasteiger partial charge in [-0.3, -0.25) is 23.9 Å². The highest BCUT2D eigenvalue weighted by atomic mass is 32.2. The molecule has 61 heavy (non-hydrogen) atoms. The first kappa shape index (κ1) is 46.1. The third-order valence-corrected chi connectivity index (χ3v) is 14.8. The monoisotopic (exact) mass is 882 g/mol. The average molecular weight is 883 g/mol. The van der Waals surface area contributed by atoms with Crippen LogP contribution in [-0.4, -0.2) is 110 Å². The molecule has 0 unspecified atom stereocenters. The summed E-state index contributed by atoms with van der Waals surface area (Å²) in [5.74, 6) is -5.59. The molecule has 2 amide bonds. The van der Waals surface area contributed by atoms with Crippen molar-refractivity contribution in [3.63, 3.8) is 0 Å². The van der Waals surface area contributed by atoms with Crippen LogP contribution in [0.2, 0.25) is 0 Å². The molecule has 19 heteroatoms. The lowest BCUT2D eigenvalue weighted by Crippen LogP contribution is -2.49. The Balaban J connectivity index is 1.38. The van der Waals surface area contributed by atoms with Gasteiger partial charge in [-0.2, -0.15) is 13.2 Å². The Labute approximate surface area is 352 Å². The molecule has 7 atom stereocenters. The Kier molecular flexibility index (Phi) is 13.2. The van der Waals surface area contributed by atoms with Crippen molar-refractivity contribution in [1.29, 1.82) is 0 Å². The Morgan fingerprint density at radius 3 is 2.43 bits per heavy atom. The van der Waals surface area contributed by atoms with Crippen molar-refractivity contribution in [2.45, 2.75) is 114 Å². The topological polar surface area (TPSA) is 180 Å². The van der Waals surface area contributed by atoms with Crippen molar-refractivity contribution < 1.29 is 64.1 Å². The van der Waals surface area contributed by atoms with E-state index in [4.69, 9.17) is 18.9 Å². The van der Waals surface area contributed by atoms with Gasteiger partial charge in [-0.15, -0.1) is 0 Å². The predicted octanol–water partition coefficient (Wildman–Crippen LogP) is 5.74. The molecular formula is C42H54F4N4O10S. The van der Waals surface area contributed by atoms with Crippen LogP contribution in [0.15, 0.2) is 30.4 Å². The van der Waals surface area contributed by atoms with E-state index in [1.165, 1.54) is 19.1 Å². The van der Waals surface area contributed by atoms with Gasteiger partial charge in [-0.25, -0.2) is 22.8 Å². The molecular weight excluding hydrogens is 829 g/mol. The van der Waals surface area contributed by atoms with Crippen LogP contribution in [0.3, 0.4) is 0 Å². The van der Waals surface area contributed by atoms with Crippen LogP contribution in [0.4, 0.5) is 17.6 Å². The summed E-state index contributed by atoms with van der Waals surface area (Å²) < 4.78 is 105. The lowest BCUT2D eigenvalue weighted by Gasteiger charge is -2.34. The fraction of sp³-hybridized carbons (Fsp3) is 0.667. The quantitative estimate of drug-likeness (QED) is 0.156. The minimum absolute atomic E-state index is 0.0428. The van der Waals surface area contributed by atoms with Gasteiger partial charge in [0.25, 0.3) is 0 Å². The van der Waals surface area contributed by atoms with E-state index in [9.17, 15) is 40.4 Å². The number of hydrogen-bond donors (Lipinski definition) is 1. The van der Waals surface area contributed by atoms with Gasteiger partial charge >= 0.3 is 12.1 Å². The number of allylic oxidation sites excluding steroid dienone is 2. The number of Topliss-reactive ketones (excluding diaryl/α,β-unsaturated/α-hetero) is 1. The standard InChI is InChI=1S/C42H54F4N4O10S/c1-24-9-7-8-10-27-19-41(27,38(54)49-61(55,56)40(23-43)13-14-40)20-34(51)33-17-29(59-36-25(2)47-31-12-11-28(58-6)16-32(31)48-36)21-50(33)37(53)30(26(15-24)22-57-5)18-35(52)60-39(3,4)42(44,45)46/h8,10-12,16,24,26-27,29-30,33H,7,9,13-15,17-23H2,1-6H3,(H,49,54)/b10-8-/t24-,26-,27+,29+,30-,33-,41+/m0/s1. The molecule has 336 valence electrons. The number of esters is 1. The number of halogens is 4. The Morgan fingerprint density at radius 1 is 1.07 bits per heavy atom. The number of aryl methyl sites for hydroxylation is 1. The van der Waals surface area contributed by atoms with Crippen molar-refractivity contribution >= 4 is 44.6 Å². The van der Waals surface area contributed by atoms with Gasteiger partial charge in [0.2, 0.25) is 33.3 Å². The minimum atomic E-state index is -4.91. The predicted molar refractivity (Wildman–Crippen MR) is 212 cm³/mol. The molecule has 1 aromatic carbocycles. The van der Waals surface area contributed by atoms with E-state index in [1.54, 1.807) is 31.2 Å². The summed E-state index contributed by atoms with van der Waals surface area (Å²) in [5, 5.41) is 0. The van der Waals surface area contributed by atoms with Gasteiger partial charge < -0.3 is 23.8 Å². The van der Waals surface area contributed by atoms with Gasteiger partial charge in [0, 0.05) is 32.6 Å². The summed E-state index contributed by atoms with van der Waals surface area (Å²) >= 11 is 0. The number of carbonyl (C=O) groups excluding carboxylic acids is 4. The van der Waals surface area contributed by atoms with E-state index in [2.05, 4.69) is 14.7 Å². The average Bonchev–Trinajstić information content (AvgIpc) is 4.09. The van der Waals surface area contributed by atoms with Crippen LogP contribution in [0.5, 0.6) is 11.6 Å². The van der Waals surface area contributed by atoms with Crippen molar-refractivity contribution in [3.05, 3.63) is 36.0 Å². The number of ether oxygens (including phenoxy) is 4. The summed E-state index contributed by atoms with van der Waals surface area (Å²) in [6, 6.07) is 3.82. The number of methoxy groups -OCH3 is 2. The Hall–Kier alpha value is -4.39. The van der Waals surface area contributed by atoms with E-state index >= 15 is 4.79 Å². The van der Waals surface area contributed by atoms with Crippen molar-refractivity contribution in [2.24, 2.45) is 29.1 Å². The molecule has 0 bridgehead atoms. The molecule has 1 aromatic heterocycles. The number of benzene rings is 1. The molecule has 1 saturated heterocycles. The number of alkyl halides is 4. The number of rotatable bonds is 12. The number of ketones is 1. The number of amides is 2. The molecule has 2 aromatic rings. The summed E-state index contributed by atoms with van der Waals surface area (Å²) in [6.07, 6.45) is -1.97. The molecule has 2 aliphatic carbocycles. The highest BCUT2D eigenvalue weighted by molar-refractivity contribution is 7.91. The fourth-order valence-corrected chi connectivity index (χ4v) is 9.96. The molecule has 0 radical (unpaired) electrons. The highest BCUT2D eigenvalue weighted by Gasteiger charge is 2.63. The van der Waals surface area contributed by atoms with E-state index < -0.39 is 105 Å². The van der Waals surface area contributed by atoms with Gasteiger partial charge in [-0.05, 0) is 89.2 Å². The molecule has 14 nitrogen and oxygen atoms in total. The Bertz CT molecular complexity index is 2160. The largest absolute Gasteiger partial charge is 0.497 e. The van der Waals surface area contributed by atoms with Crippen LogP contribution in [-0.2, 0) is 38.7 Å². The normalized spacial score (nSPS) is 28.8. The molecule has 1 N–H and O–H groups in total. The molecule has 6 rings (SSSR count). The van der Waals surface area contributed by atoms with Crippen molar-refractivity contribution in [1.82, 2.24) is 19.6 Å². The van der Waals surface area contributed by atoms with E-state index in [0.717, 1.165) is 0 Å². The third kappa shape index (κ3) is 9.66. The summed E-state index contributed by atoms with van der Waals surface area (Å²) in [5.41, 5.74) is -3.02. The number of nitrogens with one attached hydrogen (secondary N) is 1. The maximum atomic E-state index is 15.0. The number of aromatic nitrogens is 2. The smallest absolute Gasteiger partial charge is 0.427 e. The second-order valence-electron chi connectivity index (χ2n) is 17.7. The SMILES string of the molecule is COC[C@@H]1C[C@@H](C)CC/C=C\[C@@H]2C[C@@]2(C(=O)NS(=O)(=O)C2(CF)CC2)CC(=O)[C@@H]2C[C@@H](Oc3nc4cc(OC)ccc4nc3C)CN2C(=O)[C@H]1CC(=O)OC(C)(C)C(F)(F)F. The summed E-state index contributed by atoms with van der Waals surface area (Å²) in [6.45, 7) is 3.56. The van der Waals surface area contributed by atoms with Crippen LogP contribution in [0, 0.1) is 36.0 Å². The summed E-state index contributed by atoms with van der Waals surface area (Å²) in [7, 11) is -1.54. The minimum Gasteiger partial charge on any atom is -0.497 e. The van der Waals surface area contributed by atoms with E-state index in [0.29, 0.717) is 55.6 Å². The van der Waals surface area contributed by atoms with Crippen LogP contribution in [0.25, 0.3) is 11.0 Å². The second-order valence-corrected chi connectivity index (χ2v) is 19.7. The number of fused-ring (bicyclic) bond motifs is 3. The zero-order valence-electron chi connectivity index (χ0n) is 35.2. The zero-order valence-corrected chi connectivity index (χ0v) is 36.0. The second kappa shape index (κ2) is 17.4. The van der Waals surface area contributed by atoms with Gasteiger partial charge in [0.15, 0.2) is 5.78 Å². The highest BCUT2D eigenvalue weighted by Crippen LogP contribution is 2.58. The van der Waals surface area contributed by atoms with Crippen LogP contribution < -0.4 is 14.2 Å². The number of hydrogen-bond acceptors (Lipinski definition) is 12. The fourth-order valence-electron chi connectivity index (χ4n) is 8.51. The van der Waals surface area contributed by atoms with E-state index in [1.807, 2.05) is 13.0 Å². The zero-order chi connectivity index (χ0) is 44.7. The molecule has 0 spiro atoms. The molecule has 2 aliphatic heterocycles.